The quantitative estimate of drug-likeness (QED) is 0.365. The van der Waals surface area contributed by atoms with Crippen molar-refractivity contribution in [1.82, 2.24) is 0 Å². The van der Waals surface area contributed by atoms with Gasteiger partial charge in [0.25, 0.3) is 0 Å². The van der Waals surface area contributed by atoms with Gasteiger partial charge in [0.05, 0.1) is 0 Å². The molecule has 56 valence electrons. The monoisotopic (exact) mass is 149 g/mol. The average Bonchev–Trinajstić information content (AvgIpc) is 2.01. The molecule has 0 saturated carbocycles. The van der Waals surface area contributed by atoms with Crippen molar-refractivity contribution in [3.05, 3.63) is 29.8 Å². The number of nitrogens with zero attached hydrogens (tertiary/aromatic N) is 1. The van der Waals surface area contributed by atoms with Gasteiger partial charge < -0.3 is 0 Å². The van der Waals surface area contributed by atoms with Crippen LogP contribution in [-0.4, -0.2) is 0 Å². The van der Waals surface area contributed by atoms with E-state index in [1.807, 2.05) is 19.1 Å². The maximum atomic E-state index is 8.00. The molecule has 0 atom stereocenters. The Morgan fingerprint density at radius 2 is 2.27 bits per heavy atom. The topological polar surface area (TPSA) is 42.2 Å². The molecule has 1 rings (SSSR count). The van der Waals surface area contributed by atoms with Gasteiger partial charge in [0.1, 0.15) is 0 Å². The first-order valence-corrected chi connectivity index (χ1v) is 3.12. The first-order valence-electron chi connectivity index (χ1n) is 3.12. The number of nitriles is 1. The first-order chi connectivity index (χ1) is 5.33. The predicted octanol–water partition coefficient (Wildman–Crippen LogP) is 1.79. The van der Waals surface area contributed by atoms with E-state index in [0.29, 0.717) is 5.75 Å². The molecule has 0 spiro atoms. The maximum absolute atomic E-state index is 8.00. The van der Waals surface area contributed by atoms with E-state index in [2.05, 4.69) is 9.78 Å². The summed E-state index contributed by atoms with van der Waals surface area (Å²) in [7, 11) is 0. The standard InChI is InChI=1S/C8H7NO2/c1-7-3-2-4-8(5-7)11-10-6-9/h2-5H,1H3. The number of hydrogen-bond donors (Lipinski definition) is 0. The molecule has 0 aliphatic carbocycles. The lowest BCUT2D eigenvalue weighted by Crippen LogP contribution is -1.89. The minimum absolute atomic E-state index is 0.534. The van der Waals surface area contributed by atoms with Crippen LogP contribution in [0.2, 0.25) is 0 Å². The van der Waals surface area contributed by atoms with Crippen LogP contribution in [0, 0.1) is 18.4 Å². The highest BCUT2D eigenvalue weighted by molar-refractivity contribution is 5.26. The van der Waals surface area contributed by atoms with Crippen LogP contribution < -0.4 is 4.89 Å². The number of hydrogen-bond acceptors (Lipinski definition) is 3. The van der Waals surface area contributed by atoms with Crippen molar-refractivity contribution in [2.75, 3.05) is 0 Å². The van der Waals surface area contributed by atoms with E-state index in [4.69, 9.17) is 5.26 Å². The third-order valence-corrected chi connectivity index (χ3v) is 1.16. The van der Waals surface area contributed by atoms with Gasteiger partial charge in [0.15, 0.2) is 5.75 Å². The molecule has 0 N–H and O–H groups in total. The molecule has 0 aliphatic rings. The maximum Gasteiger partial charge on any atom is 0.338 e. The van der Waals surface area contributed by atoms with E-state index in [0.717, 1.165) is 5.56 Å². The Kier molecular flexibility index (Phi) is 2.34. The smallest absolute Gasteiger partial charge is 0.279 e. The van der Waals surface area contributed by atoms with Gasteiger partial charge in [-0.05, 0) is 24.6 Å². The normalized spacial score (nSPS) is 8.36. The summed E-state index contributed by atoms with van der Waals surface area (Å²) in [5.41, 5.74) is 1.06. The Balaban J connectivity index is 2.65. The lowest BCUT2D eigenvalue weighted by Gasteiger charge is -1.97. The Labute approximate surface area is 64.7 Å². The van der Waals surface area contributed by atoms with Crippen molar-refractivity contribution in [3.8, 4) is 12.0 Å². The molecule has 0 unspecified atom stereocenters. The molecule has 0 saturated heterocycles. The molecular formula is C8H7NO2. The van der Waals surface area contributed by atoms with Crippen molar-refractivity contribution in [2.45, 2.75) is 6.92 Å². The summed E-state index contributed by atoms with van der Waals surface area (Å²) in [5, 5.41) is 8.00. The zero-order valence-corrected chi connectivity index (χ0v) is 6.07. The van der Waals surface area contributed by atoms with Gasteiger partial charge in [-0.25, -0.2) is 4.89 Å². The molecule has 0 aromatic heterocycles. The molecule has 0 heterocycles. The fourth-order valence-corrected chi connectivity index (χ4v) is 0.734. The van der Waals surface area contributed by atoms with Crippen LogP contribution in [0.3, 0.4) is 0 Å². The second-order valence-electron chi connectivity index (χ2n) is 2.07. The van der Waals surface area contributed by atoms with Crippen LogP contribution in [-0.2, 0) is 4.89 Å². The number of benzene rings is 1. The predicted molar refractivity (Wildman–Crippen MR) is 38.5 cm³/mol. The zero-order chi connectivity index (χ0) is 8.10. The first kappa shape index (κ1) is 7.42. The van der Waals surface area contributed by atoms with Gasteiger partial charge in [-0.2, -0.15) is 0 Å². The van der Waals surface area contributed by atoms with Gasteiger partial charge in [-0.15, -0.1) is 5.26 Å². The third-order valence-electron chi connectivity index (χ3n) is 1.16. The molecule has 0 bridgehead atoms. The molecule has 0 fully saturated rings. The summed E-state index contributed by atoms with van der Waals surface area (Å²) in [6.45, 7) is 1.93. The minimum atomic E-state index is 0.534. The van der Waals surface area contributed by atoms with Gasteiger partial charge in [-0.3, -0.25) is 4.89 Å². The Hall–Kier alpha value is -1.69. The summed E-state index contributed by atoms with van der Waals surface area (Å²) >= 11 is 0. The summed E-state index contributed by atoms with van der Waals surface area (Å²) in [6.07, 6.45) is 1.41. The molecule has 3 heteroatoms. The summed E-state index contributed by atoms with van der Waals surface area (Å²) in [4.78, 5) is 8.65. The van der Waals surface area contributed by atoms with Crippen LogP contribution in [0.4, 0.5) is 0 Å². The second-order valence-corrected chi connectivity index (χ2v) is 2.07. The Morgan fingerprint density at radius 3 is 2.91 bits per heavy atom. The van der Waals surface area contributed by atoms with Crippen molar-refractivity contribution >= 4 is 0 Å². The Bertz CT molecular complexity index is 278. The summed E-state index contributed by atoms with van der Waals surface area (Å²) in [6, 6.07) is 7.24. The third kappa shape index (κ3) is 2.18. The van der Waals surface area contributed by atoms with E-state index in [1.54, 1.807) is 12.1 Å². The lowest BCUT2D eigenvalue weighted by atomic mass is 10.2. The van der Waals surface area contributed by atoms with Crippen LogP contribution in [0.1, 0.15) is 5.56 Å². The summed E-state index contributed by atoms with van der Waals surface area (Å²) in [5.74, 6) is 0.534. The van der Waals surface area contributed by atoms with Crippen molar-refractivity contribution in [3.63, 3.8) is 0 Å². The molecule has 0 amide bonds. The van der Waals surface area contributed by atoms with Gasteiger partial charge in [0.2, 0.25) is 0 Å². The molecular weight excluding hydrogens is 142 g/mol. The van der Waals surface area contributed by atoms with Crippen molar-refractivity contribution < 1.29 is 9.78 Å². The highest BCUT2D eigenvalue weighted by Crippen LogP contribution is 2.11. The van der Waals surface area contributed by atoms with E-state index in [9.17, 15) is 0 Å². The molecule has 1 aromatic rings. The lowest BCUT2D eigenvalue weighted by molar-refractivity contribution is -0.136. The highest BCUT2D eigenvalue weighted by Gasteiger charge is 1.92. The minimum Gasteiger partial charge on any atom is -0.279 e. The Morgan fingerprint density at radius 1 is 1.45 bits per heavy atom. The SMILES string of the molecule is Cc1cccc(OOC#N)c1. The molecule has 11 heavy (non-hydrogen) atoms. The molecule has 0 aliphatic heterocycles. The van der Waals surface area contributed by atoms with Gasteiger partial charge >= 0.3 is 6.26 Å². The molecule has 3 nitrogen and oxygen atoms in total. The summed E-state index contributed by atoms with van der Waals surface area (Å²) < 4.78 is 0. The molecule has 0 radical (unpaired) electrons. The van der Waals surface area contributed by atoms with Crippen molar-refractivity contribution in [2.24, 2.45) is 0 Å². The van der Waals surface area contributed by atoms with Crippen LogP contribution in [0.15, 0.2) is 24.3 Å². The van der Waals surface area contributed by atoms with E-state index in [1.165, 1.54) is 6.26 Å². The van der Waals surface area contributed by atoms with Gasteiger partial charge in [0, 0.05) is 0 Å². The van der Waals surface area contributed by atoms with Gasteiger partial charge in [-0.1, -0.05) is 12.1 Å². The van der Waals surface area contributed by atoms with Crippen LogP contribution >= 0.6 is 0 Å². The van der Waals surface area contributed by atoms with Crippen LogP contribution in [0.25, 0.3) is 0 Å². The molecule has 1 aromatic carbocycles. The largest absolute Gasteiger partial charge is 0.338 e. The van der Waals surface area contributed by atoms with E-state index >= 15 is 0 Å². The van der Waals surface area contributed by atoms with E-state index in [-0.39, 0.29) is 0 Å². The van der Waals surface area contributed by atoms with Crippen molar-refractivity contribution in [1.29, 1.82) is 5.26 Å². The fourth-order valence-electron chi connectivity index (χ4n) is 0.734. The fraction of sp³-hybridized carbons (Fsp3) is 0.125. The second kappa shape index (κ2) is 3.47. The zero-order valence-electron chi connectivity index (χ0n) is 6.07. The highest BCUT2D eigenvalue weighted by atomic mass is 17.2. The number of aryl methyl sites for hydroxylation is 1. The average molecular weight is 149 g/mol. The number of rotatable bonds is 2. The van der Waals surface area contributed by atoms with Crippen LogP contribution in [0.5, 0.6) is 5.75 Å². The van der Waals surface area contributed by atoms with E-state index < -0.39 is 0 Å².